The molecule has 0 saturated heterocycles. The van der Waals surface area contributed by atoms with Gasteiger partial charge in [0, 0.05) is 12.2 Å². The fraction of sp³-hybridized carbons (Fsp3) is 0.636. The number of hydrogen-bond acceptors (Lipinski definition) is 3. The first-order chi connectivity index (χ1) is 6.77. The third-order valence-electron chi connectivity index (χ3n) is 2.20. The Morgan fingerprint density at radius 1 is 1.43 bits per heavy atom. The molecule has 0 spiro atoms. The summed E-state index contributed by atoms with van der Waals surface area (Å²) in [5.74, 6) is 0.847. The van der Waals surface area contributed by atoms with Gasteiger partial charge < -0.3 is 5.32 Å². The summed E-state index contributed by atoms with van der Waals surface area (Å²) >= 11 is 0. The molecule has 0 amide bonds. The first-order valence-electron chi connectivity index (χ1n) is 5.30. The van der Waals surface area contributed by atoms with E-state index in [0.29, 0.717) is 6.04 Å². The van der Waals surface area contributed by atoms with Gasteiger partial charge in [0.05, 0.1) is 5.69 Å². The lowest BCUT2D eigenvalue weighted by Gasteiger charge is -2.15. The average Bonchev–Trinajstić information content (AvgIpc) is 2.19. The summed E-state index contributed by atoms with van der Waals surface area (Å²) in [6, 6.07) is 2.36. The van der Waals surface area contributed by atoms with Crippen LogP contribution in [-0.2, 0) is 0 Å². The number of nitrogens with zero attached hydrogens (tertiary/aromatic N) is 2. The lowest BCUT2D eigenvalue weighted by molar-refractivity contribution is 0.505. The lowest BCUT2D eigenvalue weighted by atomic mass is 10.1. The van der Waals surface area contributed by atoms with Gasteiger partial charge in [0.1, 0.15) is 5.82 Å². The maximum atomic E-state index is 4.42. The molecule has 1 N–H and O–H groups in total. The molecule has 0 aliphatic heterocycles. The van der Waals surface area contributed by atoms with Crippen LogP contribution in [0.3, 0.4) is 0 Å². The predicted octanol–water partition coefficient (Wildman–Crippen LogP) is 2.24. The molecule has 1 aromatic rings. The van der Waals surface area contributed by atoms with E-state index in [0.717, 1.165) is 30.9 Å². The summed E-state index contributed by atoms with van der Waals surface area (Å²) in [5.41, 5.74) is 1.11. The largest absolute Gasteiger partial charge is 0.309 e. The van der Waals surface area contributed by atoms with E-state index in [1.54, 1.807) is 0 Å². The minimum Gasteiger partial charge on any atom is -0.309 e. The van der Waals surface area contributed by atoms with Crippen molar-refractivity contribution in [2.24, 2.45) is 0 Å². The maximum Gasteiger partial charge on any atom is 0.125 e. The van der Waals surface area contributed by atoms with E-state index >= 15 is 0 Å². The number of hydrogen-bond donors (Lipinski definition) is 1. The van der Waals surface area contributed by atoms with E-state index in [4.69, 9.17) is 0 Å². The molecule has 78 valence electrons. The monoisotopic (exact) mass is 193 g/mol. The van der Waals surface area contributed by atoms with Gasteiger partial charge >= 0.3 is 0 Å². The number of rotatable bonds is 5. The van der Waals surface area contributed by atoms with Gasteiger partial charge in [0.25, 0.3) is 0 Å². The molecular formula is C11H19N3. The Balaban J connectivity index is 2.68. The third kappa shape index (κ3) is 3.07. The summed E-state index contributed by atoms with van der Waals surface area (Å²) in [7, 11) is 0. The highest BCUT2D eigenvalue weighted by molar-refractivity contribution is 5.06. The molecule has 0 saturated carbocycles. The molecule has 0 aliphatic rings. The molecule has 1 unspecified atom stereocenters. The van der Waals surface area contributed by atoms with E-state index in [2.05, 4.69) is 29.1 Å². The molecule has 3 heteroatoms. The highest BCUT2D eigenvalue weighted by Gasteiger charge is 2.09. The molecule has 1 rings (SSSR count). The summed E-state index contributed by atoms with van der Waals surface area (Å²) in [5, 5.41) is 3.47. The van der Waals surface area contributed by atoms with Crippen molar-refractivity contribution in [1.29, 1.82) is 0 Å². The van der Waals surface area contributed by atoms with Crippen molar-refractivity contribution in [2.45, 2.75) is 39.7 Å². The van der Waals surface area contributed by atoms with Crippen LogP contribution in [0, 0.1) is 6.92 Å². The van der Waals surface area contributed by atoms with Crippen LogP contribution in [0.1, 0.15) is 44.2 Å². The molecule has 1 heterocycles. The van der Waals surface area contributed by atoms with Crippen molar-refractivity contribution in [3.05, 3.63) is 23.8 Å². The van der Waals surface area contributed by atoms with Crippen LogP contribution >= 0.6 is 0 Å². The smallest absolute Gasteiger partial charge is 0.125 e. The summed E-state index contributed by atoms with van der Waals surface area (Å²) < 4.78 is 0. The summed E-state index contributed by atoms with van der Waals surface area (Å²) in [4.78, 5) is 8.52. The Kier molecular flexibility index (Phi) is 4.53. The summed E-state index contributed by atoms with van der Waals surface area (Å²) in [6.45, 7) is 7.31. The normalized spacial score (nSPS) is 12.8. The second-order valence-corrected chi connectivity index (χ2v) is 3.44. The van der Waals surface area contributed by atoms with Gasteiger partial charge in [0.2, 0.25) is 0 Å². The SMILES string of the molecule is CCCNC(CC)c1ccnc(C)n1. The molecule has 0 radical (unpaired) electrons. The maximum absolute atomic E-state index is 4.42. The topological polar surface area (TPSA) is 37.8 Å². The average molecular weight is 193 g/mol. The lowest BCUT2D eigenvalue weighted by Crippen LogP contribution is -2.22. The highest BCUT2D eigenvalue weighted by atomic mass is 15.0. The fourth-order valence-corrected chi connectivity index (χ4v) is 1.45. The van der Waals surface area contributed by atoms with Crippen LogP contribution in [0.2, 0.25) is 0 Å². The zero-order valence-corrected chi connectivity index (χ0v) is 9.25. The zero-order valence-electron chi connectivity index (χ0n) is 9.25. The van der Waals surface area contributed by atoms with Crippen LogP contribution < -0.4 is 5.32 Å². The van der Waals surface area contributed by atoms with E-state index < -0.39 is 0 Å². The molecule has 0 aliphatic carbocycles. The van der Waals surface area contributed by atoms with E-state index in [1.165, 1.54) is 0 Å². The zero-order chi connectivity index (χ0) is 10.4. The van der Waals surface area contributed by atoms with Gasteiger partial charge in [-0.15, -0.1) is 0 Å². The first kappa shape index (κ1) is 11.1. The molecular weight excluding hydrogens is 174 g/mol. The van der Waals surface area contributed by atoms with Gasteiger partial charge in [-0.05, 0) is 32.4 Å². The van der Waals surface area contributed by atoms with E-state index in [9.17, 15) is 0 Å². The van der Waals surface area contributed by atoms with Gasteiger partial charge in [0.15, 0.2) is 0 Å². The van der Waals surface area contributed by atoms with Crippen LogP contribution in [-0.4, -0.2) is 16.5 Å². The van der Waals surface area contributed by atoms with Crippen molar-refractivity contribution in [2.75, 3.05) is 6.54 Å². The Labute approximate surface area is 86.0 Å². The quantitative estimate of drug-likeness (QED) is 0.779. The number of aryl methyl sites for hydroxylation is 1. The van der Waals surface area contributed by atoms with Gasteiger partial charge in [-0.25, -0.2) is 9.97 Å². The fourth-order valence-electron chi connectivity index (χ4n) is 1.45. The van der Waals surface area contributed by atoms with Crippen molar-refractivity contribution < 1.29 is 0 Å². The van der Waals surface area contributed by atoms with Crippen molar-refractivity contribution in [3.8, 4) is 0 Å². The Bertz CT molecular complexity index is 273. The van der Waals surface area contributed by atoms with Gasteiger partial charge in [-0.3, -0.25) is 0 Å². The highest BCUT2D eigenvalue weighted by Crippen LogP contribution is 2.13. The van der Waals surface area contributed by atoms with E-state index in [1.807, 2.05) is 19.2 Å². The minimum absolute atomic E-state index is 0.372. The standard InChI is InChI=1S/C11H19N3/c1-4-7-13-10(5-2)11-6-8-12-9(3)14-11/h6,8,10,13H,4-5,7H2,1-3H3. The van der Waals surface area contributed by atoms with E-state index in [-0.39, 0.29) is 0 Å². The second kappa shape index (κ2) is 5.70. The third-order valence-corrected chi connectivity index (χ3v) is 2.20. The molecule has 14 heavy (non-hydrogen) atoms. The van der Waals surface area contributed by atoms with Gasteiger partial charge in [-0.2, -0.15) is 0 Å². The predicted molar refractivity (Wildman–Crippen MR) is 58.1 cm³/mol. The summed E-state index contributed by atoms with van der Waals surface area (Å²) in [6.07, 6.45) is 4.05. The molecule has 0 fully saturated rings. The van der Waals surface area contributed by atoms with Crippen molar-refractivity contribution in [1.82, 2.24) is 15.3 Å². The molecule has 1 atom stereocenters. The second-order valence-electron chi connectivity index (χ2n) is 3.44. The Morgan fingerprint density at radius 3 is 2.79 bits per heavy atom. The Hall–Kier alpha value is -0.960. The molecule has 1 aromatic heterocycles. The number of aromatic nitrogens is 2. The van der Waals surface area contributed by atoms with Crippen LogP contribution in [0.5, 0.6) is 0 Å². The van der Waals surface area contributed by atoms with Crippen molar-refractivity contribution >= 4 is 0 Å². The Morgan fingerprint density at radius 2 is 2.21 bits per heavy atom. The molecule has 0 bridgehead atoms. The molecule has 3 nitrogen and oxygen atoms in total. The van der Waals surface area contributed by atoms with Gasteiger partial charge in [-0.1, -0.05) is 13.8 Å². The van der Waals surface area contributed by atoms with Crippen LogP contribution in [0.4, 0.5) is 0 Å². The van der Waals surface area contributed by atoms with Crippen LogP contribution in [0.25, 0.3) is 0 Å². The first-order valence-corrected chi connectivity index (χ1v) is 5.30. The minimum atomic E-state index is 0.372. The van der Waals surface area contributed by atoms with Crippen molar-refractivity contribution in [3.63, 3.8) is 0 Å². The molecule has 0 aromatic carbocycles. The van der Waals surface area contributed by atoms with Crippen LogP contribution in [0.15, 0.2) is 12.3 Å². The number of nitrogens with one attached hydrogen (secondary N) is 1.